The number of aromatic nitrogens is 1. The Morgan fingerprint density at radius 1 is 0.979 bits per heavy atom. The summed E-state index contributed by atoms with van der Waals surface area (Å²) in [4.78, 5) is 39.1. The third kappa shape index (κ3) is 6.48. The highest BCUT2D eigenvalue weighted by Gasteiger charge is 2.47. The zero-order chi connectivity index (χ0) is 32.5. The summed E-state index contributed by atoms with van der Waals surface area (Å²) in [6.07, 6.45) is 6.25. The van der Waals surface area contributed by atoms with E-state index in [0.717, 1.165) is 61.8 Å². The molecule has 3 aromatic rings. The largest absolute Gasteiger partial charge is 0.441 e. The van der Waals surface area contributed by atoms with Crippen LogP contribution in [0.3, 0.4) is 0 Å². The number of hydrogen-bond acceptors (Lipinski definition) is 7. The third-order valence-electron chi connectivity index (χ3n) is 10.7. The number of benzene rings is 2. The SMILES string of the molecule is N#Cc1cc(F)c(CN2CCC3(CC2)CN(CC2CCC(C(=O)N4CCN(c5ccnc6ccccc56)CC4)CC2)C(=O)O3)c(F)c1. The van der Waals surface area contributed by atoms with Gasteiger partial charge in [0.2, 0.25) is 5.91 Å². The van der Waals surface area contributed by atoms with Gasteiger partial charge in [0.25, 0.3) is 0 Å². The molecular formula is C36H40F2N6O3. The maximum atomic E-state index is 14.4. The molecule has 0 atom stereocenters. The lowest BCUT2D eigenvalue weighted by molar-refractivity contribution is -0.137. The Balaban J connectivity index is 0.860. The van der Waals surface area contributed by atoms with Gasteiger partial charge in [-0.3, -0.25) is 14.7 Å². The number of para-hydroxylation sites is 1. The van der Waals surface area contributed by atoms with Crippen LogP contribution < -0.4 is 4.90 Å². The molecule has 11 heteroatoms. The first kappa shape index (κ1) is 31.3. The number of halogens is 2. The predicted octanol–water partition coefficient (Wildman–Crippen LogP) is 5.33. The molecule has 2 amide bonds. The van der Waals surface area contributed by atoms with Crippen LogP contribution in [0, 0.1) is 34.8 Å². The second kappa shape index (κ2) is 13.1. The molecule has 47 heavy (non-hydrogen) atoms. The van der Waals surface area contributed by atoms with Crippen molar-refractivity contribution in [3.8, 4) is 6.07 Å². The summed E-state index contributed by atoms with van der Waals surface area (Å²) in [6.45, 7) is 5.40. The van der Waals surface area contributed by atoms with E-state index < -0.39 is 17.2 Å². The van der Waals surface area contributed by atoms with Gasteiger partial charge in [-0.05, 0) is 55.9 Å². The van der Waals surface area contributed by atoms with Crippen LogP contribution in [0.5, 0.6) is 0 Å². The van der Waals surface area contributed by atoms with Gasteiger partial charge in [0.1, 0.15) is 17.2 Å². The molecule has 1 spiro atoms. The monoisotopic (exact) mass is 642 g/mol. The minimum atomic E-state index is -0.714. The lowest BCUT2D eigenvalue weighted by Gasteiger charge is -2.39. The topological polar surface area (TPSA) is 93.0 Å². The number of amides is 2. The molecule has 1 aliphatic carbocycles. The normalized spacial score (nSPS) is 23.3. The molecule has 1 aromatic heterocycles. The molecule has 9 nitrogen and oxygen atoms in total. The number of nitrogens with zero attached hydrogens (tertiary/aromatic N) is 6. The minimum absolute atomic E-state index is 0.0338. The van der Waals surface area contributed by atoms with Crippen molar-refractivity contribution in [2.24, 2.45) is 11.8 Å². The van der Waals surface area contributed by atoms with Gasteiger partial charge in [-0.15, -0.1) is 0 Å². The summed E-state index contributed by atoms with van der Waals surface area (Å²) in [5, 5.41) is 10.1. The van der Waals surface area contributed by atoms with E-state index in [1.165, 1.54) is 5.69 Å². The van der Waals surface area contributed by atoms with E-state index in [1.807, 2.05) is 39.1 Å². The Morgan fingerprint density at radius 2 is 1.68 bits per heavy atom. The zero-order valence-corrected chi connectivity index (χ0v) is 26.5. The van der Waals surface area contributed by atoms with Crippen LogP contribution >= 0.6 is 0 Å². The summed E-state index contributed by atoms with van der Waals surface area (Å²) < 4.78 is 34.8. The summed E-state index contributed by atoms with van der Waals surface area (Å²) in [5.74, 6) is -0.800. The lowest BCUT2D eigenvalue weighted by atomic mass is 9.81. The van der Waals surface area contributed by atoms with E-state index in [4.69, 9.17) is 10.00 Å². The van der Waals surface area contributed by atoms with Crippen molar-refractivity contribution in [2.75, 3.05) is 57.3 Å². The fourth-order valence-corrected chi connectivity index (χ4v) is 7.94. The number of hydrogen-bond donors (Lipinski definition) is 0. The van der Waals surface area contributed by atoms with Crippen molar-refractivity contribution in [3.05, 3.63) is 71.4 Å². The average molecular weight is 643 g/mol. The molecule has 7 rings (SSSR count). The third-order valence-corrected chi connectivity index (χ3v) is 10.7. The van der Waals surface area contributed by atoms with Gasteiger partial charge in [-0.1, -0.05) is 18.2 Å². The van der Waals surface area contributed by atoms with Crippen molar-refractivity contribution >= 4 is 28.6 Å². The van der Waals surface area contributed by atoms with E-state index in [2.05, 4.69) is 22.0 Å². The Labute approximate surface area is 273 Å². The smallest absolute Gasteiger partial charge is 0.410 e. The van der Waals surface area contributed by atoms with Crippen LogP contribution in [0.15, 0.2) is 48.7 Å². The van der Waals surface area contributed by atoms with Crippen LogP contribution in [0.25, 0.3) is 10.9 Å². The first-order valence-corrected chi connectivity index (χ1v) is 16.8. The Hall–Kier alpha value is -4.30. The van der Waals surface area contributed by atoms with E-state index in [1.54, 1.807) is 6.07 Å². The number of rotatable bonds is 6. The highest BCUT2D eigenvalue weighted by molar-refractivity contribution is 5.91. The molecule has 4 fully saturated rings. The van der Waals surface area contributed by atoms with Crippen LogP contribution in [0.1, 0.15) is 49.7 Å². The molecule has 4 aliphatic rings. The molecule has 3 aliphatic heterocycles. The summed E-state index contributed by atoms with van der Waals surface area (Å²) >= 11 is 0. The molecule has 0 bridgehead atoms. The standard InChI is InChI=1S/C36H40F2N6O3/c37-30-19-26(21-39)20-31(38)29(30)23-41-13-10-36(11-14-41)24-44(35(46)47-36)22-25-5-7-27(8-6-25)34(45)43-17-15-42(16-18-43)33-9-12-40-32-4-2-1-3-28(32)33/h1-4,9,12,19-20,25,27H,5-8,10-11,13-18,22-24H2. The summed E-state index contributed by atoms with van der Waals surface area (Å²) in [6, 6.07) is 14.1. The second-order valence-electron chi connectivity index (χ2n) is 13.6. The molecule has 0 N–H and O–H groups in total. The summed E-state index contributed by atoms with van der Waals surface area (Å²) in [7, 11) is 0. The van der Waals surface area contributed by atoms with Gasteiger partial charge in [0.05, 0.1) is 23.7 Å². The quantitative estimate of drug-likeness (QED) is 0.359. The predicted molar refractivity (Wildman–Crippen MR) is 172 cm³/mol. The second-order valence-corrected chi connectivity index (χ2v) is 13.6. The van der Waals surface area contributed by atoms with Crippen molar-refractivity contribution in [3.63, 3.8) is 0 Å². The molecule has 2 aromatic carbocycles. The first-order chi connectivity index (χ1) is 22.8. The zero-order valence-electron chi connectivity index (χ0n) is 26.5. The summed E-state index contributed by atoms with van der Waals surface area (Å²) in [5.41, 5.74) is 1.50. The first-order valence-electron chi connectivity index (χ1n) is 16.8. The maximum Gasteiger partial charge on any atom is 0.410 e. The molecular weight excluding hydrogens is 602 g/mol. The number of nitriles is 1. The minimum Gasteiger partial charge on any atom is -0.441 e. The van der Waals surface area contributed by atoms with E-state index >= 15 is 0 Å². The fraction of sp³-hybridized carbons (Fsp3) is 0.500. The Bertz CT molecular complexity index is 1660. The van der Waals surface area contributed by atoms with Crippen molar-refractivity contribution in [1.29, 1.82) is 5.26 Å². The fourth-order valence-electron chi connectivity index (χ4n) is 7.94. The maximum absolute atomic E-state index is 14.4. The van der Waals surface area contributed by atoms with Gasteiger partial charge in [-0.2, -0.15) is 5.26 Å². The number of ether oxygens (including phenoxy) is 1. The molecule has 0 radical (unpaired) electrons. The number of piperazine rings is 1. The molecule has 3 saturated heterocycles. The van der Waals surface area contributed by atoms with Gasteiger partial charge in [0, 0.05) is 94.0 Å². The van der Waals surface area contributed by atoms with E-state index in [0.29, 0.717) is 58.0 Å². The highest BCUT2D eigenvalue weighted by Crippen LogP contribution is 2.37. The Morgan fingerprint density at radius 3 is 2.38 bits per heavy atom. The molecule has 0 unspecified atom stereocenters. The van der Waals surface area contributed by atoms with Gasteiger partial charge in [0.15, 0.2) is 0 Å². The molecule has 1 saturated carbocycles. The van der Waals surface area contributed by atoms with E-state index in [9.17, 15) is 18.4 Å². The Kier molecular flexibility index (Phi) is 8.71. The van der Waals surface area contributed by atoms with Crippen molar-refractivity contribution in [2.45, 2.75) is 50.7 Å². The van der Waals surface area contributed by atoms with Crippen LogP contribution in [-0.2, 0) is 16.1 Å². The molecule has 4 heterocycles. The van der Waals surface area contributed by atoms with Gasteiger partial charge < -0.3 is 19.4 Å². The average Bonchev–Trinajstić information content (AvgIpc) is 3.40. The van der Waals surface area contributed by atoms with Gasteiger partial charge in [-0.25, -0.2) is 13.6 Å². The highest BCUT2D eigenvalue weighted by atomic mass is 19.1. The number of carbonyl (C=O) groups excluding carboxylic acids is 2. The number of likely N-dealkylation sites (tertiary alicyclic amines) is 1. The van der Waals surface area contributed by atoms with Gasteiger partial charge >= 0.3 is 6.09 Å². The number of pyridine rings is 1. The molecule has 246 valence electrons. The van der Waals surface area contributed by atoms with Crippen LogP contribution in [0.4, 0.5) is 19.3 Å². The van der Waals surface area contributed by atoms with Crippen LogP contribution in [0.2, 0.25) is 0 Å². The number of carbonyl (C=O) groups is 2. The van der Waals surface area contributed by atoms with Crippen molar-refractivity contribution < 1.29 is 23.1 Å². The van der Waals surface area contributed by atoms with E-state index in [-0.39, 0.29) is 35.6 Å². The number of fused-ring (bicyclic) bond motifs is 1. The lowest BCUT2D eigenvalue weighted by Crippen LogP contribution is -2.51. The number of anilines is 1. The van der Waals surface area contributed by atoms with Crippen LogP contribution in [-0.4, -0.2) is 89.6 Å². The number of piperidine rings is 1. The van der Waals surface area contributed by atoms with Crippen molar-refractivity contribution in [1.82, 2.24) is 19.7 Å².